The monoisotopic (exact) mass is 273 g/mol. The molecule has 2 rings (SSSR count). The number of hydrogen-bond acceptors (Lipinski definition) is 4. The minimum atomic E-state index is -0.747. The van der Waals surface area contributed by atoms with E-state index in [2.05, 4.69) is 11.1 Å². The van der Waals surface area contributed by atoms with Gasteiger partial charge >= 0.3 is 5.97 Å². The van der Waals surface area contributed by atoms with Gasteiger partial charge in [-0.3, -0.25) is 9.78 Å². The second-order valence-electron chi connectivity index (χ2n) is 5.47. The molecule has 20 heavy (non-hydrogen) atoms. The molecule has 5 nitrogen and oxygen atoms in total. The summed E-state index contributed by atoms with van der Waals surface area (Å²) in [4.78, 5) is 17.8. The van der Waals surface area contributed by atoms with E-state index in [0.717, 1.165) is 11.4 Å². The van der Waals surface area contributed by atoms with Gasteiger partial charge in [-0.25, -0.2) is 0 Å². The van der Waals surface area contributed by atoms with Crippen molar-refractivity contribution in [2.75, 3.05) is 18.0 Å². The third-order valence-corrected chi connectivity index (χ3v) is 4.24. The fraction of sp³-hybridized carbons (Fsp3) is 0.533. The summed E-state index contributed by atoms with van der Waals surface area (Å²) in [6, 6.07) is 4.07. The summed E-state index contributed by atoms with van der Waals surface area (Å²) in [6.07, 6.45) is 1.22. The van der Waals surface area contributed by atoms with Gasteiger partial charge in [0.2, 0.25) is 0 Å². The quantitative estimate of drug-likeness (QED) is 0.914. The first-order valence-corrected chi connectivity index (χ1v) is 6.80. The van der Waals surface area contributed by atoms with Crippen LogP contribution in [0, 0.1) is 30.6 Å². The summed E-state index contributed by atoms with van der Waals surface area (Å²) in [5, 5.41) is 18.8. The van der Waals surface area contributed by atoms with Crippen LogP contribution in [0.25, 0.3) is 0 Å². The number of carbonyl (C=O) groups is 1. The summed E-state index contributed by atoms with van der Waals surface area (Å²) >= 11 is 0. The summed E-state index contributed by atoms with van der Waals surface area (Å²) in [5.41, 5.74) is 2.22. The van der Waals surface area contributed by atoms with Gasteiger partial charge in [-0.15, -0.1) is 0 Å². The topological polar surface area (TPSA) is 77.2 Å². The van der Waals surface area contributed by atoms with Crippen molar-refractivity contribution < 1.29 is 9.90 Å². The molecule has 0 aliphatic carbocycles. The number of rotatable bonds is 3. The van der Waals surface area contributed by atoms with E-state index in [1.807, 2.05) is 31.7 Å². The molecule has 1 saturated heterocycles. The molecule has 0 amide bonds. The van der Waals surface area contributed by atoms with Crippen LogP contribution in [-0.2, 0) is 4.79 Å². The van der Waals surface area contributed by atoms with Crippen molar-refractivity contribution >= 4 is 11.7 Å². The van der Waals surface area contributed by atoms with E-state index in [4.69, 9.17) is 0 Å². The van der Waals surface area contributed by atoms with Crippen molar-refractivity contribution in [2.24, 2.45) is 5.41 Å². The molecule has 2 heterocycles. The SMILES string of the molecule is CCC1(C(=O)O)CCN(c2cc(C)nc(C)c2C#N)C1. The number of carboxylic acid groups (broad SMARTS) is 1. The van der Waals surface area contributed by atoms with E-state index in [9.17, 15) is 15.2 Å². The van der Waals surface area contributed by atoms with Crippen LogP contribution < -0.4 is 4.90 Å². The minimum absolute atomic E-state index is 0.455. The molecule has 1 aliphatic rings. The van der Waals surface area contributed by atoms with E-state index >= 15 is 0 Å². The summed E-state index contributed by atoms with van der Waals surface area (Å²) in [6.45, 7) is 6.73. The number of nitriles is 1. The number of aliphatic carboxylic acids is 1. The molecule has 0 spiro atoms. The highest BCUT2D eigenvalue weighted by Crippen LogP contribution is 2.38. The lowest BCUT2D eigenvalue weighted by Crippen LogP contribution is -2.34. The molecular weight excluding hydrogens is 254 g/mol. The van der Waals surface area contributed by atoms with Crippen LogP contribution in [0.3, 0.4) is 0 Å². The minimum Gasteiger partial charge on any atom is -0.481 e. The zero-order valence-corrected chi connectivity index (χ0v) is 12.1. The molecule has 1 fully saturated rings. The van der Waals surface area contributed by atoms with Gasteiger partial charge in [-0.2, -0.15) is 5.26 Å². The Balaban J connectivity index is 2.41. The molecule has 1 unspecified atom stereocenters. The van der Waals surface area contributed by atoms with Crippen LogP contribution >= 0.6 is 0 Å². The van der Waals surface area contributed by atoms with E-state index in [0.29, 0.717) is 37.2 Å². The van der Waals surface area contributed by atoms with Gasteiger partial charge in [0.25, 0.3) is 0 Å². The van der Waals surface area contributed by atoms with Crippen molar-refractivity contribution in [1.29, 1.82) is 5.26 Å². The predicted molar refractivity (Wildman–Crippen MR) is 75.6 cm³/mol. The standard InChI is InChI=1S/C15H19N3O2/c1-4-15(14(19)20)5-6-18(9-15)13-7-10(2)17-11(3)12(13)8-16/h7H,4-6,9H2,1-3H3,(H,19,20). The van der Waals surface area contributed by atoms with Crippen molar-refractivity contribution in [1.82, 2.24) is 4.98 Å². The molecular formula is C15H19N3O2. The normalized spacial score (nSPS) is 21.8. The maximum atomic E-state index is 11.5. The Morgan fingerprint density at radius 1 is 1.60 bits per heavy atom. The van der Waals surface area contributed by atoms with E-state index in [-0.39, 0.29) is 0 Å². The molecule has 5 heteroatoms. The zero-order chi connectivity index (χ0) is 14.9. The average molecular weight is 273 g/mol. The van der Waals surface area contributed by atoms with Crippen LogP contribution in [0.2, 0.25) is 0 Å². The summed E-state index contributed by atoms with van der Waals surface area (Å²) in [7, 11) is 0. The van der Waals surface area contributed by atoms with Crippen LogP contribution in [0.4, 0.5) is 5.69 Å². The van der Waals surface area contributed by atoms with Gasteiger partial charge in [0.05, 0.1) is 22.4 Å². The molecule has 0 saturated carbocycles. The fourth-order valence-corrected chi connectivity index (χ4v) is 2.89. The van der Waals surface area contributed by atoms with Gasteiger partial charge in [0, 0.05) is 18.8 Å². The Morgan fingerprint density at radius 3 is 2.80 bits per heavy atom. The van der Waals surface area contributed by atoms with Crippen molar-refractivity contribution in [2.45, 2.75) is 33.6 Å². The number of carboxylic acids is 1. The first-order chi connectivity index (χ1) is 9.43. The van der Waals surface area contributed by atoms with Gasteiger partial charge in [-0.05, 0) is 32.8 Å². The third-order valence-electron chi connectivity index (χ3n) is 4.24. The van der Waals surface area contributed by atoms with Crippen LogP contribution in [0.1, 0.15) is 36.7 Å². The maximum absolute atomic E-state index is 11.5. The highest BCUT2D eigenvalue weighted by molar-refractivity contribution is 5.77. The third kappa shape index (κ3) is 2.22. The number of anilines is 1. The largest absolute Gasteiger partial charge is 0.481 e. The predicted octanol–water partition coefficient (Wildman–Crippen LogP) is 2.26. The lowest BCUT2D eigenvalue weighted by Gasteiger charge is -2.25. The fourth-order valence-electron chi connectivity index (χ4n) is 2.89. The van der Waals surface area contributed by atoms with E-state index in [1.165, 1.54) is 0 Å². The second-order valence-corrected chi connectivity index (χ2v) is 5.47. The second kappa shape index (κ2) is 5.12. The highest BCUT2D eigenvalue weighted by atomic mass is 16.4. The van der Waals surface area contributed by atoms with Crippen LogP contribution in [-0.4, -0.2) is 29.1 Å². The Bertz CT molecular complexity index is 592. The molecule has 1 atom stereocenters. The van der Waals surface area contributed by atoms with E-state index in [1.54, 1.807) is 0 Å². The molecule has 106 valence electrons. The van der Waals surface area contributed by atoms with Gasteiger partial charge in [0.15, 0.2) is 0 Å². The van der Waals surface area contributed by atoms with Gasteiger partial charge in [-0.1, -0.05) is 6.92 Å². The summed E-state index contributed by atoms with van der Waals surface area (Å²) in [5.74, 6) is -0.747. The first-order valence-electron chi connectivity index (χ1n) is 6.80. The molecule has 1 N–H and O–H groups in total. The Kier molecular flexibility index (Phi) is 3.67. The number of hydrogen-bond donors (Lipinski definition) is 1. The smallest absolute Gasteiger partial charge is 0.311 e. The van der Waals surface area contributed by atoms with Crippen molar-refractivity contribution in [3.8, 4) is 6.07 Å². The summed E-state index contributed by atoms with van der Waals surface area (Å²) < 4.78 is 0. The lowest BCUT2D eigenvalue weighted by atomic mass is 9.84. The van der Waals surface area contributed by atoms with Crippen molar-refractivity contribution in [3.05, 3.63) is 23.0 Å². The highest BCUT2D eigenvalue weighted by Gasteiger charge is 2.43. The first kappa shape index (κ1) is 14.3. The van der Waals surface area contributed by atoms with Gasteiger partial charge < -0.3 is 10.0 Å². The number of aryl methyl sites for hydroxylation is 2. The zero-order valence-electron chi connectivity index (χ0n) is 12.1. The molecule has 1 aromatic rings. The van der Waals surface area contributed by atoms with E-state index < -0.39 is 11.4 Å². The molecule has 0 bridgehead atoms. The molecule has 0 radical (unpaired) electrons. The number of nitrogens with zero attached hydrogens (tertiary/aromatic N) is 3. The Labute approximate surface area is 118 Å². The van der Waals surface area contributed by atoms with Gasteiger partial charge in [0.1, 0.15) is 6.07 Å². The molecule has 0 aromatic carbocycles. The molecule has 1 aromatic heterocycles. The molecule has 1 aliphatic heterocycles. The Morgan fingerprint density at radius 2 is 2.30 bits per heavy atom. The maximum Gasteiger partial charge on any atom is 0.311 e. The number of pyridine rings is 1. The number of aromatic nitrogens is 1. The van der Waals surface area contributed by atoms with Crippen LogP contribution in [0.15, 0.2) is 6.07 Å². The van der Waals surface area contributed by atoms with Crippen LogP contribution in [0.5, 0.6) is 0 Å². The lowest BCUT2D eigenvalue weighted by molar-refractivity contribution is -0.147. The average Bonchev–Trinajstić information content (AvgIpc) is 2.83. The Hall–Kier alpha value is -2.09. The van der Waals surface area contributed by atoms with Crippen molar-refractivity contribution in [3.63, 3.8) is 0 Å².